The van der Waals surface area contributed by atoms with Crippen molar-refractivity contribution in [2.45, 2.75) is 70.8 Å². The van der Waals surface area contributed by atoms with Crippen LogP contribution in [-0.2, 0) is 11.2 Å². The molecule has 1 heterocycles. The number of H-pyrrole nitrogens is 1. The van der Waals surface area contributed by atoms with Gasteiger partial charge in [-0.1, -0.05) is 13.3 Å². The van der Waals surface area contributed by atoms with E-state index in [0.29, 0.717) is 36.8 Å². The summed E-state index contributed by atoms with van der Waals surface area (Å²) in [6, 6.07) is 1.48. The normalized spacial score (nSPS) is 37.7. The van der Waals surface area contributed by atoms with Crippen LogP contribution in [0.2, 0.25) is 0 Å². The summed E-state index contributed by atoms with van der Waals surface area (Å²) in [5, 5.41) is 14.1. The van der Waals surface area contributed by atoms with Crippen LogP contribution in [0.15, 0.2) is 10.9 Å². The summed E-state index contributed by atoms with van der Waals surface area (Å²) in [4.78, 5) is 31.6. The molecule has 0 aromatic carbocycles. The van der Waals surface area contributed by atoms with Crippen LogP contribution in [0.4, 0.5) is 0 Å². The number of aliphatic hydroxyl groups is 1. The van der Waals surface area contributed by atoms with Crippen LogP contribution in [0, 0.1) is 23.7 Å². The largest absolute Gasteiger partial charge is 0.390 e. The second-order valence-electron chi connectivity index (χ2n) is 9.19. The van der Waals surface area contributed by atoms with Gasteiger partial charge in [-0.25, -0.2) is 4.98 Å². The van der Waals surface area contributed by atoms with Gasteiger partial charge in [-0.3, -0.25) is 9.59 Å². The minimum atomic E-state index is -0.655. The first-order valence-electron chi connectivity index (χ1n) is 9.83. The zero-order chi connectivity index (χ0) is 18.6. The highest BCUT2D eigenvalue weighted by molar-refractivity contribution is 5.83. The number of carbonyl (C=O) groups is 1. The zero-order valence-corrected chi connectivity index (χ0v) is 15.7. The van der Waals surface area contributed by atoms with Gasteiger partial charge in [0.05, 0.1) is 11.0 Å². The Kier molecular flexibility index (Phi) is 4.03. The number of aromatic nitrogens is 2. The molecule has 4 bridgehead atoms. The van der Waals surface area contributed by atoms with Crippen molar-refractivity contribution in [1.29, 1.82) is 0 Å². The van der Waals surface area contributed by atoms with Crippen LogP contribution in [-0.4, -0.2) is 33.1 Å². The molecule has 4 aliphatic rings. The SMILES string of the molecule is CC[C@]12C[C@H]3C[C@@](O)(C1)C[C@@](C(=O)NCCc1cc(=O)[nH]c(C)n1)(C3)C2. The molecule has 4 fully saturated rings. The van der Waals surface area contributed by atoms with Gasteiger partial charge in [0.25, 0.3) is 5.56 Å². The molecule has 4 atom stereocenters. The van der Waals surface area contributed by atoms with Crippen molar-refractivity contribution in [3.05, 3.63) is 27.9 Å². The van der Waals surface area contributed by atoms with Crippen molar-refractivity contribution in [2.24, 2.45) is 16.7 Å². The summed E-state index contributed by atoms with van der Waals surface area (Å²) in [5.74, 6) is 1.14. The zero-order valence-electron chi connectivity index (χ0n) is 15.7. The number of hydrogen-bond acceptors (Lipinski definition) is 4. The second-order valence-corrected chi connectivity index (χ2v) is 9.19. The number of amides is 1. The average Bonchev–Trinajstić information content (AvgIpc) is 2.51. The predicted molar refractivity (Wildman–Crippen MR) is 97.6 cm³/mol. The van der Waals surface area contributed by atoms with E-state index in [-0.39, 0.29) is 16.9 Å². The number of nitrogens with one attached hydrogen (secondary N) is 2. The van der Waals surface area contributed by atoms with Gasteiger partial charge in [0.1, 0.15) is 5.82 Å². The number of hydrogen-bond donors (Lipinski definition) is 3. The molecule has 1 amide bonds. The number of carbonyl (C=O) groups excluding carboxylic acids is 1. The maximum absolute atomic E-state index is 13.1. The first kappa shape index (κ1) is 17.7. The number of rotatable bonds is 5. The minimum Gasteiger partial charge on any atom is -0.390 e. The van der Waals surface area contributed by atoms with Gasteiger partial charge in [0.15, 0.2) is 0 Å². The lowest BCUT2D eigenvalue weighted by molar-refractivity contribution is -0.204. The van der Waals surface area contributed by atoms with E-state index in [1.54, 1.807) is 6.92 Å². The molecule has 0 aliphatic heterocycles. The van der Waals surface area contributed by atoms with Gasteiger partial charge in [-0.05, 0) is 56.8 Å². The van der Waals surface area contributed by atoms with E-state index >= 15 is 0 Å². The molecule has 1 aromatic rings. The van der Waals surface area contributed by atoms with Gasteiger partial charge in [-0.2, -0.15) is 0 Å². The molecular weight excluding hydrogens is 330 g/mol. The summed E-state index contributed by atoms with van der Waals surface area (Å²) in [6.45, 7) is 4.42. The lowest BCUT2D eigenvalue weighted by Gasteiger charge is -2.64. The van der Waals surface area contributed by atoms with E-state index in [2.05, 4.69) is 22.2 Å². The van der Waals surface area contributed by atoms with E-state index in [1.807, 2.05) is 0 Å². The van der Waals surface area contributed by atoms with E-state index in [1.165, 1.54) is 6.07 Å². The molecule has 0 saturated heterocycles. The van der Waals surface area contributed by atoms with Crippen LogP contribution in [0.1, 0.15) is 63.4 Å². The summed E-state index contributed by atoms with van der Waals surface area (Å²) in [6.07, 6.45) is 6.88. The van der Waals surface area contributed by atoms with Crippen molar-refractivity contribution < 1.29 is 9.90 Å². The van der Waals surface area contributed by atoms with Crippen LogP contribution in [0.5, 0.6) is 0 Å². The van der Waals surface area contributed by atoms with Crippen LogP contribution in [0.3, 0.4) is 0 Å². The maximum Gasteiger partial charge on any atom is 0.251 e. The van der Waals surface area contributed by atoms with Gasteiger partial charge in [0, 0.05) is 24.7 Å². The summed E-state index contributed by atoms with van der Waals surface area (Å²) < 4.78 is 0. The highest BCUT2D eigenvalue weighted by Crippen LogP contribution is 2.67. The quantitative estimate of drug-likeness (QED) is 0.748. The number of aromatic amines is 1. The molecule has 142 valence electrons. The van der Waals surface area contributed by atoms with Crippen molar-refractivity contribution in [1.82, 2.24) is 15.3 Å². The fraction of sp³-hybridized carbons (Fsp3) is 0.750. The fourth-order valence-corrected chi connectivity index (χ4v) is 6.49. The molecule has 4 saturated carbocycles. The maximum atomic E-state index is 13.1. The van der Waals surface area contributed by atoms with Crippen LogP contribution in [0.25, 0.3) is 0 Å². The third-order valence-electron chi connectivity index (χ3n) is 6.97. The first-order chi connectivity index (χ1) is 12.3. The third kappa shape index (κ3) is 2.98. The molecule has 5 rings (SSSR count). The summed E-state index contributed by atoms with van der Waals surface area (Å²) in [5.41, 5.74) is -0.399. The van der Waals surface area contributed by atoms with Crippen molar-refractivity contribution in [2.75, 3.05) is 6.54 Å². The Morgan fingerprint density at radius 1 is 1.35 bits per heavy atom. The van der Waals surface area contributed by atoms with Crippen molar-refractivity contribution in [3.8, 4) is 0 Å². The molecule has 4 aliphatic carbocycles. The molecule has 0 spiro atoms. The van der Waals surface area contributed by atoms with Crippen LogP contribution >= 0.6 is 0 Å². The Bertz CT molecular complexity index is 791. The Balaban J connectivity index is 1.45. The van der Waals surface area contributed by atoms with Crippen molar-refractivity contribution >= 4 is 5.91 Å². The summed E-state index contributed by atoms with van der Waals surface area (Å²) in [7, 11) is 0. The second kappa shape index (κ2) is 5.91. The Morgan fingerprint density at radius 2 is 2.15 bits per heavy atom. The van der Waals surface area contributed by atoms with Gasteiger partial charge < -0.3 is 15.4 Å². The lowest BCUT2D eigenvalue weighted by atomic mass is 9.42. The molecule has 0 radical (unpaired) electrons. The van der Waals surface area contributed by atoms with Gasteiger partial charge >= 0.3 is 0 Å². The van der Waals surface area contributed by atoms with Gasteiger partial charge in [0.2, 0.25) is 5.91 Å². The Hall–Kier alpha value is -1.69. The first-order valence-corrected chi connectivity index (χ1v) is 9.83. The molecule has 26 heavy (non-hydrogen) atoms. The summed E-state index contributed by atoms with van der Waals surface area (Å²) >= 11 is 0. The van der Waals surface area contributed by atoms with E-state index < -0.39 is 11.0 Å². The van der Waals surface area contributed by atoms with Crippen molar-refractivity contribution in [3.63, 3.8) is 0 Å². The lowest BCUT2D eigenvalue weighted by Crippen LogP contribution is -2.63. The smallest absolute Gasteiger partial charge is 0.251 e. The highest BCUT2D eigenvalue weighted by atomic mass is 16.3. The minimum absolute atomic E-state index is 0.0828. The highest BCUT2D eigenvalue weighted by Gasteiger charge is 2.64. The Labute approximate surface area is 153 Å². The Morgan fingerprint density at radius 3 is 2.85 bits per heavy atom. The van der Waals surface area contributed by atoms with Gasteiger partial charge in [-0.15, -0.1) is 0 Å². The number of nitrogens with zero attached hydrogens (tertiary/aromatic N) is 1. The fourth-order valence-electron chi connectivity index (χ4n) is 6.49. The van der Waals surface area contributed by atoms with E-state index in [4.69, 9.17) is 0 Å². The molecule has 6 heteroatoms. The topological polar surface area (TPSA) is 95.1 Å². The predicted octanol–water partition coefficient (Wildman–Crippen LogP) is 1.85. The molecular formula is C20H29N3O3. The van der Waals surface area contributed by atoms with E-state index in [9.17, 15) is 14.7 Å². The average molecular weight is 359 g/mol. The monoisotopic (exact) mass is 359 g/mol. The third-order valence-corrected chi connectivity index (χ3v) is 6.97. The van der Waals surface area contributed by atoms with E-state index in [0.717, 1.165) is 38.5 Å². The molecule has 0 unspecified atom stereocenters. The molecule has 6 nitrogen and oxygen atoms in total. The number of aryl methyl sites for hydroxylation is 1. The van der Waals surface area contributed by atoms with Crippen LogP contribution < -0.4 is 10.9 Å². The molecule has 1 aromatic heterocycles. The standard InChI is InChI=1S/C20H29N3O3/c1-3-18-7-14-8-19(10-18,12-20(26,9-14)11-18)17(25)21-5-4-15-6-16(24)23-13(2)22-15/h6,14,26H,3-5,7-12H2,1-2H3,(H,21,25)(H,22,23,24)/t14-,18-,19-,20-/m1/s1. The molecule has 3 N–H and O–H groups in total.